The Morgan fingerprint density at radius 3 is 2.17 bits per heavy atom. The number of amides is 2. The van der Waals surface area contributed by atoms with E-state index in [0.29, 0.717) is 24.1 Å². The molecule has 2 aromatic rings. The van der Waals surface area contributed by atoms with Crippen LogP contribution >= 0.6 is 11.6 Å². The van der Waals surface area contributed by atoms with Crippen LogP contribution < -0.4 is 10.6 Å². The third-order valence-corrected chi connectivity index (χ3v) is 6.38. The van der Waals surface area contributed by atoms with Crippen molar-refractivity contribution in [2.75, 3.05) is 6.54 Å². The molecule has 1 atom stereocenters. The van der Waals surface area contributed by atoms with Gasteiger partial charge in [-0.05, 0) is 60.2 Å². The first-order valence-electron chi connectivity index (χ1n) is 11.8. The van der Waals surface area contributed by atoms with Gasteiger partial charge in [-0.1, -0.05) is 42.8 Å². The molecular weight excluding hydrogens is 579 g/mol. The van der Waals surface area contributed by atoms with Crippen LogP contribution in [0.15, 0.2) is 42.5 Å². The van der Waals surface area contributed by atoms with Gasteiger partial charge < -0.3 is 10.6 Å². The van der Waals surface area contributed by atoms with Gasteiger partial charge in [0.15, 0.2) is 0 Å². The number of halogens is 10. The molecule has 1 saturated carbocycles. The highest BCUT2D eigenvalue weighted by molar-refractivity contribution is 6.30. The first-order chi connectivity index (χ1) is 18.3. The van der Waals surface area contributed by atoms with Crippen LogP contribution in [0.2, 0.25) is 5.02 Å². The van der Waals surface area contributed by atoms with Crippen LogP contribution in [0.1, 0.15) is 58.3 Å². The summed E-state index contributed by atoms with van der Waals surface area (Å²) in [6.45, 7) is 0.0242. The second-order valence-electron chi connectivity index (χ2n) is 9.26. The molecule has 14 heteroatoms. The molecule has 4 nitrogen and oxygen atoms in total. The summed E-state index contributed by atoms with van der Waals surface area (Å²) in [5.41, 5.74) is -4.23. The third kappa shape index (κ3) is 7.92. The molecule has 0 saturated heterocycles. The highest BCUT2D eigenvalue weighted by Gasteiger charge is 2.52. The molecule has 1 fully saturated rings. The summed E-state index contributed by atoms with van der Waals surface area (Å²) in [6.07, 6.45) is -13.0. The highest BCUT2D eigenvalue weighted by Crippen LogP contribution is 2.40. The van der Waals surface area contributed by atoms with Gasteiger partial charge in [0, 0.05) is 5.02 Å². The van der Waals surface area contributed by atoms with Crippen LogP contribution in [0.4, 0.5) is 39.5 Å². The lowest BCUT2D eigenvalue weighted by Gasteiger charge is -2.20. The molecular formula is C26H22ClF9N2O2. The van der Waals surface area contributed by atoms with Gasteiger partial charge in [0.2, 0.25) is 5.91 Å². The summed E-state index contributed by atoms with van der Waals surface area (Å²) in [5.74, 6) is -4.77. The number of hydrogen-bond acceptors (Lipinski definition) is 2. The maximum Gasteiger partial charge on any atom is 0.417 e. The number of allylic oxidation sites excluding steroid dienone is 1. The summed E-state index contributed by atoms with van der Waals surface area (Å²) >= 11 is 5.94. The average molecular weight is 601 g/mol. The van der Waals surface area contributed by atoms with Gasteiger partial charge in [-0.15, -0.1) is 0 Å². The van der Waals surface area contributed by atoms with Crippen LogP contribution in [0.5, 0.6) is 0 Å². The summed E-state index contributed by atoms with van der Waals surface area (Å²) in [4.78, 5) is 24.8. The van der Waals surface area contributed by atoms with Crippen LogP contribution in [-0.4, -0.2) is 36.3 Å². The Labute approximate surface area is 227 Å². The standard InChI is InChI=1S/C26H22ClF9N2O2/c1-2-14-9-16(12-17(27)10-14)19(25(31,32)33)6-4-15-3-5-18(20(11-15)26(34,35)36)21(39)38-23(7-8-23)22(40)37-13-24(28,29)30/h3-6,9-12,19H,2,7-8,13H2,1H3,(H,37,40)(H,38,39). The van der Waals surface area contributed by atoms with Gasteiger partial charge in [0.1, 0.15) is 12.1 Å². The van der Waals surface area contributed by atoms with E-state index < -0.39 is 59.5 Å². The van der Waals surface area contributed by atoms with Crippen molar-refractivity contribution in [2.24, 2.45) is 0 Å². The zero-order chi connectivity index (χ0) is 30.1. The van der Waals surface area contributed by atoms with E-state index in [4.69, 9.17) is 11.6 Å². The van der Waals surface area contributed by atoms with Gasteiger partial charge in [-0.2, -0.15) is 39.5 Å². The topological polar surface area (TPSA) is 58.2 Å². The fraction of sp³-hybridized carbons (Fsp3) is 0.385. The Bertz CT molecular complexity index is 1300. The summed E-state index contributed by atoms with van der Waals surface area (Å²) in [7, 11) is 0. The van der Waals surface area contributed by atoms with Crippen LogP contribution in [-0.2, 0) is 17.4 Å². The van der Waals surface area contributed by atoms with Crippen molar-refractivity contribution in [2.45, 2.75) is 56.2 Å². The van der Waals surface area contributed by atoms with E-state index in [1.807, 2.05) is 0 Å². The van der Waals surface area contributed by atoms with E-state index in [2.05, 4.69) is 5.32 Å². The highest BCUT2D eigenvalue weighted by atomic mass is 35.5. The number of carbonyl (C=O) groups is 2. The summed E-state index contributed by atoms with van der Waals surface area (Å²) < 4.78 is 120. The van der Waals surface area contributed by atoms with Gasteiger partial charge in [0.05, 0.1) is 17.0 Å². The van der Waals surface area contributed by atoms with E-state index in [-0.39, 0.29) is 29.0 Å². The maximum atomic E-state index is 13.8. The molecule has 40 heavy (non-hydrogen) atoms. The minimum Gasteiger partial charge on any atom is -0.345 e. The second-order valence-corrected chi connectivity index (χ2v) is 9.70. The van der Waals surface area contributed by atoms with Crippen molar-refractivity contribution in [3.8, 4) is 0 Å². The van der Waals surface area contributed by atoms with Crippen LogP contribution in [0.3, 0.4) is 0 Å². The maximum absolute atomic E-state index is 13.8. The number of carbonyl (C=O) groups excluding carboxylic acids is 2. The van der Waals surface area contributed by atoms with Gasteiger partial charge >= 0.3 is 18.5 Å². The molecule has 0 aromatic heterocycles. The molecule has 0 heterocycles. The fourth-order valence-electron chi connectivity index (χ4n) is 3.94. The predicted octanol–water partition coefficient (Wildman–Crippen LogP) is 7.22. The van der Waals surface area contributed by atoms with E-state index >= 15 is 0 Å². The zero-order valence-electron chi connectivity index (χ0n) is 20.6. The van der Waals surface area contributed by atoms with Crippen molar-refractivity contribution in [3.63, 3.8) is 0 Å². The molecule has 2 amide bonds. The Morgan fingerprint density at radius 1 is 1.00 bits per heavy atom. The third-order valence-electron chi connectivity index (χ3n) is 6.16. The van der Waals surface area contributed by atoms with Crippen molar-refractivity contribution in [3.05, 3.63) is 75.3 Å². The van der Waals surface area contributed by atoms with Gasteiger partial charge in [-0.3, -0.25) is 9.59 Å². The Balaban J connectivity index is 1.89. The SMILES string of the molecule is CCc1cc(Cl)cc(C(C=Cc2ccc(C(=O)NC3(C(=O)NCC(F)(F)F)CC3)c(C(F)(F)F)c2)C(F)(F)F)c1. The molecule has 0 bridgehead atoms. The monoisotopic (exact) mass is 600 g/mol. The quantitative estimate of drug-likeness (QED) is 0.314. The van der Waals surface area contributed by atoms with Crippen LogP contribution in [0.25, 0.3) is 6.08 Å². The van der Waals surface area contributed by atoms with Crippen molar-refractivity contribution < 1.29 is 49.1 Å². The number of alkyl halides is 9. The number of nitrogens with one attached hydrogen (secondary N) is 2. The Hall–Kier alpha value is -3.22. The lowest BCUT2D eigenvalue weighted by atomic mass is 9.94. The van der Waals surface area contributed by atoms with Gasteiger partial charge in [-0.25, -0.2) is 0 Å². The average Bonchev–Trinajstić information content (AvgIpc) is 3.60. The molecule has 0 aliphatic heterocycles. The summed E-state index contributed by atoms with van der Waals surface area (Å²) in [5, 5.41) is 3.71. The Kier molecular flexibility index (Phi) is 8.88. The molecule has 2 N–H and O–H groups in total. The normalized spacial score (nSPS) is 16.1. The lowest BCUT2D eigenvalue weighted by Crippen LogP contribution is -2.51. The molecule has 1 unspecified atom stereocenters. The van der Waals surface area contributed by atoms with E-state index in [9.17, 15) is 49.1 Å². The van der Waals surface area contributed by atoms with E-state index in [0.717, 1.165) is 24.3 Å². The number of aryl methyl sites for hydroxylation is 1. The number of rotatable bonds is 8. The van der Waals surface area contributed by atoms with Crippen molar-refractivity contribution in [1.29, 1.82) is 0 Å². The second kappa shape index (κ2) is 11.3. The Morgan fingerprint density at radius 2 is 1.65 bits per heavy atom. The first-order valence-corrected chi connectivity index (χ1v) is 12.2. The molecule has 1 aliphatic carbocycles. The number of benzene rings is 2. The largest absolute Gasteiger partial charge is 0.417 e. The molecule has 218 valence electrons. The molecule has 0 spiro atoms. The number of hydrogen-bond donors (Lipinski definition) is 2. The van der Waals surface area contributed by atoms with Crippen molar-refractivity contribution >= 4 is 29.5 Å². The van der Waals surface area contributed by atoms with E-state index in [1.165, 1.54) is 12.1 Å². The zero-order valence-corrected chi connectivity index (χ0v) is 21.4. The van der Waals surface area contributed by atoms with Gasteiger partial charge in [0.25, 0.3) is 5.91 Å². The minimum absolute atomic E-state index is 0.0623. The van der Waals surface area contributed by atoms with Crippen molar-refractivity contribution in [1.82, 2.24) is 10.6 Å². The molecule has 1 aliphatic rings. The first kappa shape index (κ1) is 31.3. The van der Waals surface area contributed by atoms with Crippen LogP contribution in [0, 0.1) is 0 Å². The lowest BCUT2D eigenvalue weighted by molar-refractivity contribution is -0.140. The fourth-order valence-corrected chi connectivity index (χ4v) is 4.21. The smallest absolute Gasteiger partial charge is 0.345 e. The summed E-state index contributed by atoms with van der Waals surface area (Å²) in [6, 6.07) is 6.06. The predicted molar refractivity (Wildman–Crippen MR) is 129 cm³/mol. The molecule has 3 rings (SSSR count). The molecule has 2 aromatic carbocycles. The minimum atomic E-state index is -5.13. The molecule has 0 radical (unpaired) electrons. The van der Waals surface area contributed by atoms with E-state index in [1.54, 1.807) is 12.2 Å².